The Bertz CT molecular complexity index is 1050. The van der Waals surface area contributed by atoms with E-state index >= 15 is 0 Å². The molecule has 0 aliphatic carbocycles. The molecule has 0 unspecified atom stereocenters. The van der Waals surface area contributed by atoms with Crippen LogP contribution in [0.5, 0.6) is 0 Å². The van der Waals surface area contributed by atoms with Gasteiger partial charge in [-0.25, -0.2) is 25.3 Å². The fourth-order valence-electron chi connectivity index (χ4n) is 2.42. The van der Waals surface area contributed by atoms with Crippen molar-refractivity contribution in [3.63, 3.8) is 0 Å². The molecule has 2 rings (SSSR count). The van der Waals surface area contributed by atoms with Crippen molar-refractivity contribution >= 4 is 52.7 Å². The maximum Gasteiger partial charge on any atom is 0.155 e. The van der Waals surface area contributed by atoms with Gasteiger partial charge >= 0.3 is 0 Å². The molecule has 0 atom stereocenters. The van der Waals surface area contributed by atoms with E-state index in [-0.39, 0.29) is 11.5 Å². The lowest BCUT2D eigenvalue weighted by Crippen LogP contribution is -2.25. The van der Waals surface area contributed by atoms with Crippen molar-refractivity contribution < 1.29 is 25.3 Å². The molecular formula is C18H20Cl2O6S3. The van der Waals surface area contributed by atoms with E-state index in [1.807, 2.05) is 0 Å². The van der Waals surface area contributed by atoms with E-state index in [4.69, 9.17) is 23.2 Å². The van der Waals surface area contributed by atoms with E-state index in [1.165, 1.54) is 0 Å². The molecular weight excluding hydrogens is 479 g/mol. The molecule has 6 nitrogen and oxygen atoms in total. The summed E-state index contributed by atoms with van der Waals surface area (Å²) >= 11 is 11.5. The molecule has 0 aromatic heterocycles. The molecule has 0 aliphatic heterocycles. The summed E-state index contributed by atoms with van der Waals surface area (Å²) in [5.41, 5.74) is 0.995. The minimum atomic E-state index is -3.85. The molecule has 0 heterocycles. The summed E-state index contributed by atoms with van der Waals surface area (Å²) in [4.78, 5) is 0. The third-order valence-corrected chi connectivity index (χ3v) is 9.88. The van der Waals surface area contributed by atoms with E-state index < -0.39 is 52.5 Å². The Hall–Kier alpha value is -1.13. The van der Waals surface area contributed by atoms with E-state index in [1.54, 1.807) is 48.5 Å². The SMILES string of the molecule is O=S(=O)(CCS(=O)(=O)Cc1ccc(Cl)cc1)CCS(=O)(=O)Cc1ccc(Cl)cc1. The van der Waals surface area contributed by atoms with Crippen molar-refractivity contribution in [3.05, 3.63) is 69.7 Å². The fourth-order valence-corrected chi connectivity index (χ4v) is 8.63. The van der Waals surface area contributed by atoms with Gasteiger partial charge in [-0.3, -0.25) is 0 Å². The fraction of sp³-hybridized carbons (Fsp3) is 0.333. The summed E-state index contributed by atoms with van der Waals surface area (Å²) in [6.45, 7) is 0. The molecule has 29 heavy (non-hydrogen) atoms. The van der Waals surface area contributed by atoms with Crippen LogP contribution in [0, 0.1) is 0 Å². The molecule has 11 heteroatoms. The van der Waals surface area contributed by atoms with Crippen LogP contribution in [0.1, 0.15) is 11.1 Å². The number of halogens is 2. The van der Waals surface area contributed by atoms with Gasteiger partial charge < -0.3 is 0 Å². The number of benzene rings is 2. The summed E-state index contributed by atoms with van der Waals surface area (Å²) in [5, 5.41) is 0.932. The number of hydrogen-bond acceptors (Lipinski definition) is 6. The lowest BCUT2D eigenvalue weighted by Gasteiger charge is -2.08. The van der Waals surface area contributed by atoms with E-state index in [0.29, 0.717) is 21.2 Å². The van der Waals surface area contributed by atoms with Crippen molar-refractivity contribution in [2.24, 2.45) is 0 Å². The Morgan fingerprint density at radius 2 is 0.759 bits per heavy atom. The third-order valence-electron chi connectivity index (χ3n) is 4.01. The maximum atomic E-state index is 12.2. The molecule has 0 spiro atoms. The van der Waals surface area contributed by atoms with Crippen LogP contribution in [0.4, 0.5) is 0 Å². The first-order valence-corrected chi connectivity index (χ1v) is 14.7. The highest BCUT2D eigenvalue weighted by atomic mass is 35.5. The average molecular weight is 499 g/mol. The lowest BCUT2D eigenvalue weighted by atomic mass is 10.2. The molecule has 0 amide bonds. The second kappa shape index (κ2) is 9.78. The number of rotatable bonds is 10. The predicted octanol–water partition coefficient (Wildman–Crippen LogP) is 2.94. The van der Waals surface area contributed by atoms with Gasteiger partial charge in [-0.2, -0.15) is 0 Å². The zero-order valence-electron chi connectivity index (χ0n) is 15.3. The van der Waals surface area contributed by atoms with Gasteiger partial charge in [-0.15, -0.1) is 0 Å². The maximum absolute atomic E-state index is 12.2. The highest BCUT2D eigenvalue weighted by molar-refractivity contribution is 7.96. The Morgan fingerprint density at radius 3 is 1.07 bits per heavy atom. The van der Waals surface area contributed by atoms with Gasteiger partial charge in [0.25, 0.3) is 0 Å². The molecule has 2 aromatic carbocycles. The van der Waals surface area contributed by atoms with Crippen molar-refractivity contribution in [1.29, 1.82) is 0 Å². The van der Waals surface area contributed by atoms with Crippen molar-refractivity contribution in [3.8, 4) is 0 Å². The highest BCUT2D eigenvalue weighted by Crippen LogP contribution is 2.14. The summed E-state index contributed by atoms with van der Waals surface area (Å²) in [6.07, 6.45) is 0. The highest BCUT2D eigenvalue weighted by Gasteiger charge is 2.22. The zero-order chi connectivity index (χ0) is 21.7. The monoisotopic (exact) mass is 498 g/mol. The largest absolute Gasteiger partial charge is 0.229 e. The minimum Gasteiger partial charge on any atom is -0.229 e. The van der Waals surface area contributed by atoms with Gasteiger partial charge in [-0.1, -0.05) is 47.5 Å². The first-order chi connectivity index (χ1) is 13.4. The minimum absolute atomic E-state index is 0.311. The van der Waals surface area contributed by atoms with Crippen molar-refractivity contribution in [2.75, 3.05) is 23.0 Å². The van der Waals surface area contributed by atoms with E-state index in [0.717, 1.165) is 0 Å². The Morgan fingerprint density at radius 1 is 0.483 bits per heavy atom. The van der Waals surface area contributed by atoms with Crippen LogP contribution in [0.25, 0.3) is 0 Å². The molecule has 0 bridgehead atoms. The van der Waals surface area contributed by atoms with Crippen LogP contribution in [-0.2, 0) is 41.0 Å². The Labute approximate surface area is 181 Å². The average Bonchev–Trinajstić information content (AvgIpc) is 2.63. The normalized spacial score (nSPS) is 12.8. The lowest BCUT2D eigenvalue weighted by molar-refractivity contribution is 0.584. The molecule has 160 valence electrons. The predicted molar refractivity (Wildman–Crippen MR) is 117 cm³/mol. The summed E-state index contributed by atoms with van der Waals surface area (Å²) in [7, 11) is -11.2. The molecule has 0 saturated carbocycles. The van der Waals surface area contributed by atoms with Crippen LogP contribution in [0.15, 0.2) is 48.5 Å². The first-order valence-electron chi connectivity index (χ1n) is 8.46. The van der Waals surface area contributed by atoms with Gasteiger partial charge in [0, 0.05) is 10.0 Å². The van der Waals surface area contributed by atoms with Crippen molar-refractivity contribution in [1.82, 2.24) is 0 Å². The summed E-state index contributed by atoms with van der Waals surface area (Å²) in [6, 6.07) is 12.4. The third kappa shape index (κ3) is 9.04. The summed E-state index contributed by atoms with van der Waals surface area (Å²) < 4.78 is 73.0. The summed E-state index contributed by atoms with van der Waals surface area (Å²) in [5.74, 6) is -3.02. The number of hydrogen-bond donors (Lipinski definition) is 0. The molecule has 0 fully saturated rings. The molecule has 0 saturated heterocycles. The Balaban J connectivity index is 1.90. The molecule has 2 aromatic rings. The topological polar surface area (TPSA) is 102 Å². The zero-order valence-corrected chi connectivity index (χ0v) is 19.3. The smallest absolute Gasteiger partial charge is 0.155 e. The second-order valence-electron chi connectivity index (χ2n) is 6.59. The van der Waals surface area contributed by atoms with E-state index in [2.05, 4.69) is 0 Å². The standard InChI is InChI=1S/C18H20Cl2O6S3/c19-17-5-1-15(2-6-17)13-28(23,24)11-9-27(21,22)10-12-29(25,26)14-16-3-7-18(20)8-4-16/h1-8H,9-14H2. The van der Waals surface area contributed by atoms with Gasteiger partial charge in [0.15, 0.2) is 29.5 Å². The molecule has 0 N–H and O–H groups in total. The van der Waals surface area contributed by atoms with Gasteiger partial charge in [0.2, 0.25) is 0 Å². The van der Waals surface area contributed by atoms with E-state index in [9.17, 15) is 25.3 Å². The van der Waals surface area contributed by atoms with Crippen LogP contribution < -0.4 is 0 Å². The van der Waals surface area contributed by atoms with Gasteiger partial charge in [-0.05, 0) is 35.4 Å². The van der Waals surface area contributed by atoms with Crippen LogP contribution in [0.3, 0.4) is 0 Å². The second-order valence-corrected chi connectivity index (χ2v) is 14.1. The Kier molecular flexibility index (Phi) is 8.15. The first kappa shape index (κ1) is 24.1. The van der Waals surface area contributed by atoms with Crippen LogP contribution in [-0.4, -0.2) is 48.3 Å². The van der Waals surface area contributed by atoms with Crippen molar-refractivity contribution in [2.45, 2.75) is 11.5 Å². The van der Waals surface area contributed by atoms with Crippen LogP contribution in [0.2, 0.25) is 10.0 Å². The van der Waals surface area contributed by atoms with Gasteiger partial charge in [0.1, 0.15) is 0 Å². The quantitative estimate of drug-likeness (QED) is 0.498. The number of sulfone groups is 3. The van der Waals surface area contributed by atoms with Crippen LogP contribution >= 0.6 is 23.2 Å². The molecule has 0 radical (unpaired) electrons. The van der Waals surface area contributed by atoms with Gasteiger partial charge in [0.05, 0.1) is 34.5 Å². The molecule has 0 aliphatic rings.